The predicted octanol–water partition coefficient (Wildman–Crippen LogP) is -3.68. The number of quaternary nitrogens is 1. The van der Waals surface area contributed by atoms with Crippen LogP contribution in [0.4, 0.5) is 0 Å². The average molecular weight is 133 g/mol. The van der Waals surface area contributed by atoms with Crippen molar-refractivity contribution in [1.29, 1.82) is 0 Å². The molecule has 0 fully saturated rings. The van der Waals surface area contributed by atoms with E-state index in [0.29, 0.717) is 0 Å². The van der Waals surface area contributed by atoms with Gasteiger partial charge in [0, 0.05) is 0 Å². The summed E-state index contributed by atoms with van der Waals surface area (Å²) in [4.78, 5) is -0.329. The van der Waals surface area contributed by atoms with Gasteiger partial charge in [-0.25, -0.2) is 4.57 Å². The van der Waals surface area contributed by atoms with Gasteiger partial charge >= 0.3 is 60.0 Å². The average Bonchev–Trinajstić information content (AvgIpc) is 1.38. The molecule has 0 saturated carbocycles. The number of rotatable bonds is 1. The van der Waals surface area contributed by atoms with E-state index in [1.165, 1.54) is 7.05 Å². The Bertz CT molecular complexity index is 44.7. The maximum atomic E-state index is 9.49. The molecule has 0 saturated heterocycles. The minimum Gasteiger partial charge on any atom is -1.00 e. The maximum absolute atomic E-state index is 9.49. The molecule has 0 radical (unpaired) electrons. The van der Waals surface area contributed by atoms with Crippen LogP contribution in [0.2, 0.25) is 0 Å². The summed E-state index contributed by atoms with van der Waals surface area (Å²) in [5.74, 6) is 0. The molecule has 0 rings (SSSR count). The van der Waals surface area contributed by atoms with Gasteiger partial charge in [0.1, 0.15) is 0 Å². The monoisotopic (exact) mass is 133 g/mol. The first-order valence-electron chi connectivity index (χ1n) is 1.11. The Balaban J connectivity index is -0.0000000800. The molecule has 0 aromatic heterocycles. The molecule has 32 valence electrons. The zero-order chi connectivity index (χ0) is 4.28. The van der Waals surface area contributed by atoms with Crippen LogP contribution in [-0.2, 0) is 4.57 Å². The summed E-state index contributed by atoms with van der Waals surface area (Å²) in [6.45, 7) is 0. The number of hydroxylamine groups is 1. The van der Waals surface area contributed by atoms with Crippen molar-refractivity contribution in [1.82, 2.24) is 0 Å². The molecule has 0 aliphatic heterocycles. The fourth-order valence-electron chi connectivity index (χ4n) is 0. The number of hydrogen-bond acceptors (Lipinski definition) is 2. The van der Waals surface area contributed by atoms with Crippen molar-refractivity contribution in [2.45, 2.75) is 0 Å². The number of hydrogen-bond donors (Lipinski definition) is 1. The van der Waals surface area contributed by atoms with E-state index >= 15 is 0 Å². The van der Waals surface area contributed by atoms with Gasteiger partial charge in [-0.05, 0) is 0 Å². The first-order chi connectivity index (χ1) is 2.27. The summed E-state index contributed by atoms with van der Waals surface area (Å²) < 4.78 is 9.25. The molecular formula is CH5KNO2P. The predicted molar refractivity (Wildman–Crippen MR) is 19.0 cm³/mol. The van der Waals surface area contributed by atoms with Gasteiger partial charge in [-0.1, -0.05) is 0 Å². The van der Waals surface area contributed by atoms with Crippen molar-refractivity contribution < 1.29 is 62.2 Å². The largest absolute Gasteiger partial charge is 1.00 e. The van der Waals surface area contributed by atoms with Gasteiger partial charge in [-0.3, -0.25) is 4.83 Å². The third-order valence-corrected chi connectivity index (χ3v) is 0.386. The van der Waals surface area contributed by atoms with Crippen LogP contribution in [0.1, 0.15) is 1.43 Å². The quantitative estimate of drug-likeness (QED) is 0.227. The zero-order valence-corrected chi connectivity index (χ0v) is 7.78. The van der Waals surface area contributed by atoms with Crippen molar-refractivity contribution in [3.8, 4) is 0 Å². The standard InChI is InChI=1S/CH4NO2P.K.H/c1-2(3)5-4;;/h2H,1H3;;/q;+1;-1. The van der Waals surface area contributed by atoms with Crippen molar-refractivity contribution in [2.75, 3.05) is 7.05 Å². The molecule has 0 aromatic rings. The normalized spacial score (nSPS) is 13.0. The molecule has 6 heavy (non-hydrogen) atoms. The van der Waals surface area contributed by atoms with Crippen molar-refractivity contribution in [2.24, 2.45) is 0 Å². The molecular weight excluding hydrogens is 128 g/mol. The Kier molecular flexibility index (Phi) is 11.8. The summed E-state index contributed by atoms with van der Waals surface area (Å²) in [6, 6.07) is 0. The molecule has 5 heteroatoms. The number of nitrogens with one attached hydrogen (secondary N) is 1. The molecule has 0 bridgehead atoms. The van der Waals surface area contributed by atoms with Crippen LogP contribution >= 0.6 is 8.61 Å². The summed E-state index contributed by atoms with van der Waals surface area (Å²) >= 11 is 0. The van der Waals surface area contributed by atoms with Gasteiger partial charge in [0.05, 0.1) is 7.05 Å². The van der Waals surface area contributed by atoms with E-state index in [9.17, 15) is 9.77 Å². The van der Waals surface area contributed by atoms with E-state index in [4.69, 9.17) is 0 Å². The summed E-state index contributed by atoms with van der Waals surface area (Å²) in [7, 11) is 0.867. The SMILES string of the molecule is C[NH+]([O-])P=O.[H-].[K+]. The summed E-state index contributed by atoms with van der Waals surface area (Å²) in [5.41, 5.74) is 0. The Labute approximate surface area is 81.8 Å². The van der Waals surface area contributed by atoms with Crippen molar-refractivity contribution in [3.63, 3.8) is 0 Å². The van der Waals surface area contributed by atoms with Crippen LogP contribution in [0.15, 0.2) is 0 Å². The molecule has 1 N–H and O–H groups in total. The van der Waals surface area contributed by atoms with E-state index in [2.05, 4.69) is 0 Å². The molecule has 1 atom stereocenters. The van der Waals surface area contributed by atoms with Gasteiger partial charge in [-0.15, -0.1) is 0 Å². The molecule has 0 heterocycles. The molecule has 3 nitrogen and oxygen atoms in total. The van der Waals surface area contributed by atoms with Crippen LogP contribution < -0.4 is 56.2 Å². The third-order valence-electron chi connectivity index (χ3n) is 0.129. The van der Waals surface area contributed by atoms with E-state index < -0.39 is 8.61 Å². The molecule has 0 aliphatic rings. The van der Waals surface area contributed by atoms with Gasteiger partial charge in [0.15, 0.2) is 0 Å². The molecule has 0 spiro atoms. The first-order valence-corrected chi connectivity index (χ1v) is 1.92. The minimum atomic E-state index is -0.392. The van der Waals surface area contributed by atoms with Gasteiger partial charge < -0.3 is 6.63 Å². The van der Waals surface area contributed by atoms with Crippen molar-refractivity contribution >= 4 is 8.61 Å². The van der Waals surface area contributed by atoms with E-state index in [1.54, 1.807) is 0 Å². The Hall–Kier alpha value is 1.66. The Morgan fingerprint density at radius 1 is 2.00 bits per heavy atom. The minimum absolute atomic E-state index is 0. The Morgan fingerprint density at radius 2 is 2.17 bits per heavy atom. The molecule has 1 unspecified atom stereocenters. The van der Waals surface area contributed by atoms with Crippen LogP contribution in [0.25, 0.3) is 0 Å². The van der Waals surface area contributed by atoms with Crippen LogP contribution in [0.3, 0.4) is 0 Å². The van der Waals surface area contributed by atoms with Crippen LogP contribution in [-0.4, -0.2) is 7.05 Å². The third kappa shape index (κ3) is 9.17. The van der Waals surface area contributed by atoms with E-state index in [-0.39, 0.29) is 57.6 Å². The van der Waals surface area contributed by atoms with Crippen molar-refractivity contribution in [3.05, 3.63) is 5.21 Å². The second-order valence-electron chi connectivity index (χ2n) is 0.610. The van der Waals surface area contributed by atoms with Crippen LogP contribution in [0.5, 0.6) is 0 Å². The summed E-state index contributed by atoms with van der Waals surface area (Å²) in [5, 5.41) is 9.49. The fourth-order valence-corrected chi connectivity index (χ4v) is 0. The molecule has 0 aromatic carbocycles. The molecule has 0 amide bonds. The Morgan fingerprint density at radius 3 is 2.17 bits per heavy atom. The topological polar surface area (TPSA) is 44.6 Å². The van der Waals surface area contributed by atoms with Gasteiger partial charge in [-0.2, -0.15) is 0 Å². The summed E-state index contributed by atoms with van der Waals surface area (Å²) in [6.07, 6.45) is 0. The maximum Gasteiger partial charge on any atom is 1.00 e. The van der Waals surface area contributed by atoms with E-state index in [0.717, 1.165) is 0 Å². The molecule has 0 aliphatic carbocycles. The van der Waals surface area contributed by atoms with Gasteiger partial charge in [0.2, 0.25) is 0 Å². The van der Waals surface area contributed by atoms with E-state index in [1.807, 2.05) is 0 Å². The first kappa shape index (κ1) is 10.6. The van der Waals surface area contributed by atoms with Crippen LogP contribution in [0, 0.1) is 5.21 Å². The second kappa shape index (κ2) is 6.66. The second-order valence-corrected chi connectivity index (χ2v) is 1.42. The zero-order valence-electron chi connectivity index (χ0n) is 4.76. The smallest absolute Gasteiger partial charge is 1.00 e. The van der Waals surface area contributed by atoms with Gasteiger partial charge in [0.25, 0.3) is 0 Å². The fraction of sp³-hybridized carbons (Fsp3) is 1.00.